The highest BCUT2D eigenvalue weighted by Gasteiger charge is 2.63. The van der Waals surface area contributed by atoms with Crippen LogP contribution in [0.4, 0.5) is 24.5 Å². The molecule has 0 atom stereocenters. The summed E-state index contributed by atoms with van der Waals surface area (Å²) >= 11 is 0. The van der Waals surface area contributed by atoms with E-state index in [9.17, 15) is 23.3 Å². The second kappa shape index (κ2) is 3.86. The van der Waals surface area contributed by atoms with Crippen LogP contribution in [0.15, 0.2) is 18.2 Å². The molecular formula is C11H11F3N2O2. The third-order valence-electron chi connectivity index (χ3n) is 3.09. The Hall–Kier alpha value is -1.79. The van der Waals surface area contributed by atoms with Crippen molar-refractivity contribution >= 4 is 11.4 Å². The first-order valence-electron chi connectivity index (χ1n) is 5.35. The molecule has 98 valence electrons. The van der Waals surface area contributed by atoms with E-state index in [1.807, 2.05) is 0 Å². The van der Waals surface area contributed by atoms with Gasteiger partial charge in [-0.25, -0.2) is 0 Å². The number of nitro benzene ring substituents is 1. The van der Waals surface area contributed by atoms with Crippen molar-refractivity contribution in [3.63, 3.8) is 0 Å². The van der Waals surface area contributed by atoms with Gasteiger partial charge < -0.3 is 5.32 Å². The lowest BCUT2D eigenvalue weighted by Crippen LogP contribution is -2.38. The number of alkyl halides is 3. The van der Waals surface area contributed by atoms with Gasteiger partial charge in [0, 0.05) is 17.8 Å². The standard InChI is InChI=1S/C11H11F3N2O2/c1-7-6-8(16(17)18)2-3-9(7)15-10(4-5-10)11(12,13)14/h2-3,6,15H,4-5H2,1H3. The smallest absolute Gasteiger partial charge is 0.371 e. The Labute approximate surface area is 101 Å². The van der Waals surface area contributed by atoms with Gasteiger partial charge in [0.2, 0.25) is 0 Å². The van der Waals surface area contributed by atoms with E-state index >= 15 is 0 Å². The number of nitrogens with zero attached hydrogens (tertiary/aromatic N) is 1. The van der Waals surface area contributed by atoms with E-state index in [2.05, 4.69) is 5.32 Å². The number of rotatable bonds is 3. The van der Waals surface area contributed by atoms with Gasteiger partial charge in [-0.15, -0.1) is 0 Å². The molecule has 0 spiro atoms. The van der Waals surface area contributed by atoms with Crippen LogP contribution in [0.25, 0.3) is 0 Å². The highest BCUT2D eigenvalue weighted by Crippen LogP contribution is 2.51. The van der Waals surface area contributed by atoms with Crippen LogP contribution < -0.4 is 5.32 Å². The van der Waals surface area contributed by atoms with Crippen molar-refractivity contribution < 1.29 is 18.1 Å². The summed E-state index contributed by atoms with van der Waals surface area (Å²) in [4.78, 5) is 9.95. The van der Waals surface area contributed by atoms with Crippen LogP contribution in [0.5, 0.6) is 0 Å². The number of hydrogen-bond acceptors (Lipinski definition) is 3. The number of hydrogen-bond donors (Lipinski definition) is 1. The van der Waals surface area contributed by atoms with E-state index in [1.54, 1.807) is 6.92 Å². The lowest BCUT2D eigenvalue weighted by Gasteiger charge is -2.22. The summed E-state index contributed by atoms with van der Waals surface area (Å²) in [5.41, 5.74) is -1.27. The fourth-order valence-corrected chi connectivity index (χ4v) is 1.76. The SMILES string of the molecule is Cc1cc([N+](=O)[O-])ccc1NC1(C(F)(F)F)CC1. The summed E-state index contributed by atoms with van der Waals surface area (Å²) in [5.74, 6) is 0. The zero-order valence-corrected chi connectivity index (χ0v) is 9.54. The van der Waals surface area contributed by atoms with Gasteiger partial charge in [0.15, 0.2) is 0 Å². The van der Waals surface area contributed by atoms with E-state index < -0.39 is 16.6 Å². The molecule has 1 fully saturated rings. The van der Waals surface area contributed by atoms with Crippen LogP contribution in [0, 0.1) is 17.0 Å². The number of nitro groups is 1. The van der Waals surface area contributed by atoms with Gasteiger partial charge in [0.05, 0.1) is 4.92 Å². The fraction of sp³-hybridized carbons (Fsp3) is 0.455. The van der Waals surface area contributed by atoms with Crippen LogP contribution in [-0.2, 0) is 0 Å². The third-order valence-corrected chi connectivity index (χ3v) is 3.09. The summed E-state index contributed by atoms with van der Waals surface area (Å²) in [6.07, 6.45) is -4.24. The highest BCUT2D eigenvalue weighted by molar-refractivity contribution is 5.58. The molecule has 7 heteroatoms. The van der Waals surface area contributed by atoms with Crippen LogP contribution in [0.3, 0.4) is 0 Å². The maximum atomic E-state index is 12.8. The molecule has 0 bridgehead atoms. The topological polar surface area (TPSA) is 55.2 Å². The van der Waals surface area contributed by atoms with E-state index in [0.717, 1.165) is 0 Å². The molecule has 2 rings (SSSR count). The first-order valence-corrected chi connectivity index (χ1v) is 5.35. The lowest BCUT2D eigenvalue weighted by atomic mass is 10.1. The predicted molar refractivity (Wildman–Crippen MR) is 59.5 cm³/mol. The molecule has 1 aromatic rings. The molecule has 1 aliphatic carbocycles. The Bertz CT molecular complexity index is 496. The number of nitrogens with one attached hydrogen (secondary N) is 1. The average Bonchev–Trinajstić information content (AvgIpc) is 3.01. The Kier molecular flexibility index (Phi) is 2.71. The highest BCUT2D eigenvalue weighted by atomic mass is 19.4. The monoisotopic (exact) mass is 260 g/mol. The molecule has 0 radical (unpaired) electrons. The summed E-state index contributed by atoms with van der Waals surface area (Å²) in [6.45, 7) is 1.54. The Morgan fingerprint density at radius 1 is 1.39 bits per heavy atom. The molecule has 0 aromatic heterocycles. The molecule has 0 heterocycles. The molecule has 0 amide bonds. The van der Waals surface area contributed by atoms with Crippen molar-refractivity contribution in [2.75, 3.05) is 5.32 Å². The maximum Gasteiger partial charge on any atom is 0.411 e. The minimum atomic E-state index is -4.30. The van der Waals surface area contributed by atoms with Crippen molar-refractivity contribution in [3.8, 4) is 0 Å². The van der Waals surface area contributed by atoms with E-state index in [0.29, 0.717) is 5.56 Å². The van der Waals surface area contributed by atoms with Gasteiger partial charge >= 0.3 is 6.18 Å². The molecule has 1 aliphatic rings. The second-order valence-corrected chi connectivity index (χ2v) is 4.46. The first kappa shape index (κ1) is 12.7. The number of halogens is 3. The second-order valence-electron chi connectivity index (χ2n) is 4.46. The predicted octanol–water partition coefficient (Wildman–Crippen LogP) is 3.41. The van der Waals surface area contributed by atoms with Gasteiger partial charge in [-0.2, -0.15) is 13.2 Å². The van der Waals surface area contributed by atoms with E-state index in [-0.39, 0.29) is 24.2 Å². The Morgan fingerprint density at radius 3 is 2.39 bits per heavy atom. The minimum Gasteiger partial charge on any atom is -0.371 e. The molecule has 1 N–H and O–H groups in total. The number of aryl methyl sites for hydroxylation is 1. The van der Waals surface area contributed by atoms with E-state index in [1.165, 1.54) is 18.2 Å². The van der Waals surface area contributed by atoms with Crippen LogP contribution in [0.2, 0.25) is 0 Å². The maximum absolute atomic E-state index is 12.8. The van der Waals surface area contributed by atoms with Crippen LogP contribution in [-0.4, -0.2) is 16.6 Å². The zero-order chi connectivity index (χ0) is 13.6. The van der Waals surface area contributed by atoms with Crippen molar-refractivity contribution in [2.24, 2.45) is 0 Å². The zero-order valence-electron chi connectivity index (χ0n) is 9.54. The fourth-order valence-electron chi connectivity index (χ4n) is 1.76. The van der Waals surface area contributed by atoms with Crippen molar-refractivity contribution in [1.29, 1.82) is 0 Å². The van der Waals surface area contributed by atoms with Crippen molar-refractivity contribution in [3.05, 3.63) is 33.9 Å². The Morgan fingerprint density at radius 2 is 2.00 bits per heavy atom. The van der Waals surface area contributed by atoms with Crippen LogP contribution in [0.1, 0.15) is 18.4 Å². The molecule has 1 saturated carbocycles. The molecule has 0 saturated heterocycles. The summed E-state index contributed by atoms with van der Waals surface area (Å²) in [7, 11) is 0. The average molecular weight is 260 g/mol. The molecule has 0 unspecified atom stereocenters. The quantitative estimate of drug-likeness (QED) is 0.669. The third kappa shape index (κ3) is 2.12. The van der Waals surface area contributed by atoms with Gasteiger partial charge in [0.25, 0.3) is 5.69 Å². The van der Waals surface area contributed by atoms with Gasteiger partial charge in [0.1, 0.15) is 5.54 Å². The summed E-state index contributed by atoms with van der Waals surface area (Å²) in [6, 6.07) is 3.77. The van der Waals surface area contributed by atoms with Gasteiger partial charge in [-0.05, 0) is 31.4 Å². The Balaban J connectivity index is 2.24. The van der Waals surface area contributed by atoms with Crippen molar-refractivity contribution in [1.82, 2.24) is 0 Å². The molecule has 4 nitrogen and oxygen atoms in total. The van der Waals surface area contributed by atoms with E-state index in [4.69, 9.17) is 0 Å². The van der Waals surface area contributed by atoms with Gasteiger partial charge in [-0.1, -0.05) is 0 Å². The van der Waals surface area contributed by atoms with Crippen molar-refractivity contribution in [2.45, 2.75) is 31.5 Å². The first-order chi connectivity index (χ1) is 8.25. The number of anilines is 1. The molecule has 1 aromatic carbocycles. The number of benzene rings is 1. The normalized spacial score (nSPS) is 17.3. The molecule has 0 aliphatic heterocycles. The largest absolute Gasteiger partial charge is 0.411 e. The summed E-state index contributed by atoms with van der Waals surface area (Å²) < 4.78 is 38.3. The molecule has 18 heavy (non-hydrogen) atoms. The number of non-ortho nitro benzene ring substituents is 1. The van der Waals surface area contributed by atoms with Gasteiger partial charge in [-0.3, -0.25) is 10.1 Å². The van der Waals surface area contributed by atoms with Crippen LogP contribution >= 0.6 is 0 Å². The summed E-state index contributed by atoms with van der Waals surface area (Å²) in [5, 5.41) is 13.0. The minimum absolute atomic E-state index is 0.0347. The molecular weight excluding hydrogens is 249 g/mol. The lowest BCUT2D eigenvalue weighted by molar-refractivity contribution is -0.384.